The molecule has 0 N–H and O–H groups in total. The molecule has 0 heterocycles. The van der Waals surface area contributed by atoms with Gasteiger partial charge in [-0.1, -0.05) is 36.4 Å². The molecule has 0 aromatic heterocycles. The van der Waals surface area contributed by atoms with Crippen LogP contribution in [-0.2, 0) is 9.53 Å². The Balaban J connectivity index is 1.70. The maximum absolute atomic E-state index is 12.3. The SMILES string of the molecule is C/C(=C\CCC[C@H]1C[C@@H]1C(=O)c1ccccc1)C(=O)OC(C)(C)C. The van der Waals surface area contributed by atoms with Gasteiger partial charge in [0.1, 0.15) is 5.60 Å². The lowest BCUT2D eigenvalue weighted by Gasteiger charge is -2.19. The summed E-state index contributed by atoms with van der Waals surface area (Å²) >= 11 is 0. The number of ether oxygens (including phenoxy) is 1. The van der Waals surface area contributed by atoms with Gasteiger partial charge in [0.25, 0.3) is 0 Å². The lowest BCUT2D eigenvalue weighted by atomic mass is 10.0. The monoisotopic (exact) mass is 328 g/mol. The Morgan fingerprint density at radius 2 is 1.88 bits per heavy atom. The van der Waals surface area contributed by atoms with Crippen molar-refractivity contribution in [2.75, 3.05) is 0 Å². The molecule has 2 atom stereocenters. The Morgan fingerprint density at radius 1 is 1.21 bits per heavy atom. The molecule has 1 aliphatic carbocycles. The van der Waals surface area contributed by atoms with E-state index >= 15 is 0 Å². The van der Waals surface area contributed by atoms with Gasteiger partial charge >= 0.3 is 5.97 Å². The molecule has 0 bridgehead atoms. The molecule has 0 spiro atoms. The molecular weight excluding hydrogens is 300 g/mol. The van der Waals surface area contributed by atoms with Crippen LogP contribution in [0.4, 0.5) is 0 Å². The van der Waals surface area contributed by atoms with Gasteiger partial charge < -0.3 is 4.74 Å². The quantitative estimate of drug-likeness (QED) is 0.307. The topological polar surface area (TPSA) is 43.4 Å². The number of allylic oxidation sites excluding steroid dienone is 1. The predicted octanol–water partition coefficient (Wildman–Crippen LogP) is 4.96. The average Bonchev–Trinajstić information content (AvgIpc) is 3.29. The summed E-state index contributed by atoms with van der Waals surface area (Å²) in [7, 11) is 0. The molecule has 0 radical (unpaired) electrons. The molecule has 2 rings (SSSR count). The fraction of sp³-hybridized carbons (Fsp3) is 0.524. The van der Waals surface area contributed by atoms with E-state index in [1.165, 1.54) is 0 Å². The van der Waals surface area contributed by atoms with E-state index in [-0.39, 0.29) is 17.7 Å². The van der Waals surface area contributed by atoms with E-state index in [1.54, 1.807) is 6.92 Å². The molecule has 1 aliphatic rings. The van der Waals surface area contributed by atoms with Crippen LogP contribution in [-0.4, -0.2) is 17.4 Å². The van der Waals surface area contributed by atoms with Gasteiger partial charge in [0.2, 0.25) is 0 Å². The van der Waals surface area contributed by atoms with Crippen molar-refractivity contribution < 1.29 is 14.3 Å². The van der Waals surface area contributed by atoms with Crippen molar-refractivity contribution in [1.29, 1.82) is 0 Å². The Bertz CT molecular complexity index is 608. The second-order valence-corrected chi connectivity index (χ2v) is 7.65. The van der Waals surface area contributed by atoms with Gasteiger partial charge in [-0.2, -0.15) is 0 Å². The zero-order valence-electron chi connectivity index (χ0n) is 15.2. The minimum atomic E-state index is -0.453. The van der Waals surface area contributed by atoms with E-state index in [0.717, 1.165) is 31.2 Å². The van der Waals surface area contributed by atoms with Gasteiger partial charge in [-0.25, -0.2) is 4.79 Å². The number of esters is 1. The number of unbranched alkanes of at least 4 members (excludes halogenated alkanes) is 1. The Kier molecular flexibility index (Phi) is 5.98. The summed E-state index contributed by atoms with van der Waals surface area (Å²) in [4.78, 5) is 24.2. The summed E-state index contributed by atoms with van der Waals surface area (Å²) < 4.78 is 5.34. The van der Waals surface area contributed by atoms with Gasteiger partial charge in [-0.15, -0.1) is 0 Å². The fourth-order valence-electron chi connectivity index (χ4n) is 2.84. The van der Waals surface area contributed by atoms with Crippen LogP contribution in [0.15, 0.2) is 42.0 Å². The van der Waals surface area contributed by atoms with Gasteiger partial charge in [-0.3, -0.25) is 4.79 Å². The first-order chi connectivity index (χ1) is 11.3. The van der Waals surface area contributed by atoms with Crippen molar-refractivity contribution in [3.8, 4) is 0 Å². The highest BCUT2D eigenvalue weighted by atomic mass is 16.6. The van der Waals surface area contributed by atoms with Crippen LogP contribution in [0.25, 0.3) is 0 Å². The molecule has 1 aromatic rings. The lowest BCUT2D eigenvalue weighted by Crippen LogP contribution is -2.24. The zero-order valence-corrected chi connectivity index (χ0v) is 15.2. The molecule has 1 saturated carbocycles. The van der Waals surface area contributed by atoms with Crippen molar-refractivity contribution in [3.63, 3.8) is 0 Å². The van der Waals surface area contributed by atoms with E-state index in [0.29, 0.717) is 11.5 Å². The number of ketones is 1. The van der Waals surface area contributed by atoms with Gasteiger partial charge in [0.05, 0.1) is 0 Å². The van der Waals surface area contributed by atoms with Crippen LogP contribution in [0, 0.1) is 11.8 Å². The van der Waals surface area contributed by atoms with Crippen LogP contribution in [0.1, 0.15) is 63.7 Å². The molecule has 1 aromatic carbocycles. The van der Waals surface area contributed by atoms with E-state index < -0.39 is 5.60 Å². The Labute approximate surface area is 145 Å². The van der Waals surface area contributed by atoms with Gasteiger partial charge in [-0.05, 0) is 59.3 Å². The second kappa shape index (κ2) is 7.78. The number of hydrogen-bond acceptors (Lipinski definition) is 3. The lowest BCUT2D eigenvalue weighted by molar-refractivity contribution is -0.149. The summed E-state index contributed by atoms with van der Waals surface area (Å²) in [6.45, 7) is 7.41. The van der Waals surface area contributed by atoms with Crippen molar-refractivity contribution >= 4 is 11.8 Å². The molecule has 0 unspecified atom stereocenters. The molecule has 1 fully saturated rings. The highest BCUT2D eigenvalue weighted by molar-refractivity contribution is 5.99. The number of carbonyl (C=O) groups is 2. The maximum Gasteiger partial charge on any atom is 0.333 e. The molecule has 24 heavy (non-hydrogen) atoms. The summed E-state index contributed by atoms with van der Waals surface area (Å²) in [5.41, 5.74) is 1.04. The normalized spacial score (nSPS) is 20.6. The third-order valence-electron chi connectivity index (χ3n) is 4.27. The summed E-state index contributed by atoms with van der Waals surface area (Å²) in [5, 5.41) is 0. The first-order valence-corrected chi connectivity index (χ1v) is 8.77. The highest BCUT2D eigenvalue weighted by Gasteiger charge is 2.42. The summed E-state index contributed by atoms with van der Waals surface area (Å²) in [5.74, 6) is 0.739. The van der Waals surface area contributed by atoms with Crippen LogP contribution in [0.5, 0.6) is 0 Å². The van der Waals surface area contributed by atoms with E-state index in [2.05, 4.69) is 0 Å². The van der Waals surface area contributed by atoms with Crippen molar-refractivity contribution in [1.82, 2.24) is 0 Å². The third-order valence-corrected chi connectivity index (χ3v) is 4.27. The number of Topliss-reactive ketones (excluding diaryl/α,β-unsaturated/α-hetero) is 1. The standard InChI is InChI=1S/C21H28O3/c1-15(20(23)24-21(2,3)4)10-8-9-13-17-14-18(17)19(22)16-11-6-5-7-12-16/h5-7,10-12,17-18H,8-9,13-14H2,1-4H3/b15-10+/t17-,18-/m0/s1. The van der Waals surface area contributed by atoms with Crippen LogP contribution < -0.4 is 0 Å². The molecule has 0 aliphatic heterocycles. The highest BCUT2D eigenvalue weighted by Crippen LogP contribution is 2.44. The third kappa shape index (κ3) is 5.63. The summed E-state index contributed by atoms with van der Waals surface area (Å²) in [6.07, 6.45) is 5.85. The smallest absolute Gasteiger partial charge is 0.333 e. The zero-order chi connectivity index (χ0) is 17.7. The van der Waals surface area contributed by atoms with Crippen LogP contribution in [0.2, 0.25) is 0 Å². The summed E-state index contributed by atoms with van der Waals surface area (Å²) in [6, 6.07) is 9.54. The molecule has 3 heteroatoms. The first kappa shape index (κ1) is 18.4. The van der Waals surface area contributed by atoms with Crippen molar-refractivity contribution in [2.24, 2.45) is 11.8 Å². The van der Waals surface area contributed by atoms with Crippen LogP contribution >= 0.6 is 0 Å². The Morgan fingerprint density at radius 3 is 2.50 bits per heavy atom. The molecule has 3 nitrogen and oxygen atoms in total. The Hall–Kier alpha value is -1.90. The number of hydrogen-bond donors (Lipinski definition) is 0. The van der Waals surface area contributed by atoms with Crippen LogP contribution in [0.3, 0.4) is 0 Å². The van der Waals surface area contributed by atoms with E-state index in [4.69, 9.17) is 4.74 Å². The molecular formula is C21H28O3. The largest absolute Gasteiger partial charge is 0.457 e. The van der Waals surface area contributed by atoms with Gasteiger partial charge in [0.15, 0.2) is 5.78 Å². The maximum atomic E-state index is 12.3. The van der Waals surface area contributed by atoms with Crippen molar-refractivity contribution in [2.45, 2.75) is 59.0 Å². The van der Waals surface area contributed by atoms with Crippen molar-refractivity contribution in [3.05, 3.63) is 47.5 Å². The molecule has 0 amide bonds. The van der Waals surface area contributed by atoms with E-state index in [9.17, 15) is 9.59 Å². The minimum absolute atomic E-state index is 0.198. The molecule has 0 saturated heterocycles. The predicted molar refractivity (Wildman–Crippen MR) is 95.8 cm³/mol. The minimum Gasteiger partial charge on any atom is -0.457 e. The number of carbonyl (C=O) groups excluding carboxylic acids is 2. The molecule has 130 valence electrons. The average molecular weight is 328 g/mol. The second-order valence-electron chi connectivity index (χ2n) is 7.65. The van der Waals surface area contributed by atoms with Gasteiger partial charge in [0, 0.05) is 17.1 Å². The first-order valence-electron chi connectivity index (χ1n) is 8.77. The van der Waals surface area contributed by atoms with E-state index in [1.807, 2.05) is 57.2 Å². The number of benzene rings is 1. The number of rotatable bonds is 7. The fourth-order valence-corrected chi connectivity index (χ4v) is 2.84.